The number of methoxy groups -OCH3 is 1. The molecule has 0 radical (unpaired) electrons. The predicted molar refractivity (Wildman–Crippen MR) is 64.4 cm³/mol. The highest BCUT2D eigenvalue weighted by Gasteiger charge is 2.18. The van der Waals surface area contributed by atoms with Crippen LogP contribution in [0.2, 0.25) is 0 Å². The van der Waals surface area contributed by atoms with Crippen LogP contribution in [0.25, 0.3) is 0 Å². The van der Waals surface area contributed by atoms with Crippen LogP contribution in [-0.2, 0) is 6.42 Å². The fourth-order valence-corrected chi connectivity index (χ4v) is 2.21. The van der Waals surface area contributed by atoms with Crippen molar-refractivity contribution in [3.05, 3.63) is 33.9 Å². The summed E-state index contributed by atoms with van der Waals surface area (Å²) in [5, 5.41) is 14.1. The van der Waals surface area contributed by atoms with Crippen molar-refractivity contribution < 1.29 is 9.66 Å². The Morgan fingerprint density at radius 3 is 3.00 bits per heavy atom. The van der Waals surface area contributed by atoms with E-state index < -0.39 is 4.92 Å². The molecule has 92 valence electrons. The summed E-state index contributed by atoms with van der Waals surface area (Å²) < 4.78 is 5.21. The summed E-state index contributed by atoms with van der Waals surface area (Å²) in [6.07, 6.45) is 3.21. The number of non-ortho nitro benzene ring substituents is 1. The number of nitrogens with one attached hydrogen (secondary N) is 1. The van der Waals surface area contributed by atoms with E-state index in [1.54, 1.807) is 13.2 Å². The van der Waals surface area contributed by atoms with Crippen LogP contribution in [0, 0.1) is 10.1 Å². The Kier molecular flexibility index (Phi) is 3.58. The summed E-state index contributed by atoms with van der Waals surface area (Å²) in [5.41, 5.74) is 1.10. The molecule has 0 aromatic heterocycles. The van der Waals surface area contributed by atoms with E-state index in [2.05, 4.69) is 5.32 Å². The lowest BCUT2D eigenvalue weighted by Gasteiger charge is -2.13. The molecule has 0 amide bonds. The molecule has 1 aromatic carbocycles. The molecule has 1 atom stereocenters. The average Bonchev–Trinajstić information content (AvgIpc) is 2.82. The third kappa shape index (κ3) is 2.74. The van der Waals surface area contributed by atoms with Crippen molar-refractivity contribution in [2.75, 3.05) is 13.7 Å². The van der Waals surface area contributed by atoms with E-state index in [0.29, 0.717) is 11.8 Å². The molecule has 1 heterocycles. The van der Waals surface area contributed by atoms with Gasteiger partial charge in [-0.1, -0.05) is 0 Å². The predicted octanol–water partition coefficient (Wildman–Crippen LogP) is 1.90. The van der Waals surface area contributed by atoms with Crippen LogP contribution in [0.5, 0.6) is 5.75 Å². The zero-order valence-electron chi connectivity index (χ0n) is 9.81. The zero-order valence-corrected chi connectivity index (χ0v) is 9.81. The Morgan fingerprint density at radius 2 is 2.41 bits per heavy atom. The molecule has 1 aliphatic heterocycles. The lowest BCUT2D eigenvalue weighted by Crippen LogP contribution is -2.23. The zero-order chi connectivity index (χ0) is 12.3. The van der Waals surface area contributed by atoms with Gasteiger partial charge in [0.05, 0.1) is 18.1 Å². The summed E-state index contributed by atoms with van der Waals surface area (Å²) in [7, 11) is 1.55. The first-order chi connectivity index (χ1) is 8.20. The van der Waals surface area contributed by atoms with Crippen LogP contribution in [0.1, 0.15) is 18.4 Å². The van der Waals surface area contributed by atoms with E-state index in [9.17, 15) is 10.1 Å². The van der Waals surface area contributed by atoms with Crippen molar-refractivity contribution in [3.63, 3.8) is 0 Å². The minimum atomic E-state index is -0.403. The van der Waals surface area contributed by atoms with Crippen LogP contribution in [0.4, 0.5) is 5.69 Å². The highest BCUT2D eigenvalue weighted by Crippen LogP contribution is 2.26. The highest BCUT2D eigenvalue weighted by molar-refractivity contribution is 5.44. The standard InChI is InChI=1S/C12H16N2O3/c1-17-12-8-11(14(15)16)5-4-9(12)7-10-3-2-6-13-10/h4-5,8,10,13H,2-3,6-7H2,1H3. The number of nitro benzene ring substituents is 1. The second-order valence-electron chi connectivity index (χ2n) is 4.25. The first-order valence-corrected chi connectivity index (χ1v) is 5.75. The molecule has 1 unspecified atom stereocenters. The van der Waals surface area contributed by atoms with Crippen molar-refractivity contribution in [2.24, 2.45) is 0 Å². The summed E-state index contributed by atoms with van der Waals surface area (Å²) in [4.78, 5) is 10.3. The topological polar surface area (TPSA) is 64.4 Å². The van der Waals surface area contributed by atoms with Crippen molar-refractivity contribution in [2.45, 2.75) is 25.3 Å². The van der Waals surface area contributed by atoms with Gasteiger partial charge in [0.2, 0.25) is 0 Å². The maximum absolute atomic E-state index is 10.7. The van der Waals surface area contributed by atoms with Gasteiger partial charge in [0.25, 0.3) is 5.69 Å². The van der Waals surface area contributed by atoms with Gasteiger partial charge in [0.15, 0.2) is 0 Å². The average molecular weight is 236 g/mol. The molecule has 1 saturated heterocycles. The molecule has 1 N–H and O–H groups in total. The Labute approximate surface area is 99.9 Å². The van der Waals surface area contributed by atoms with Crippen LogP contribution in [0.15, 0.2) is 18.2 Å². The van der Waals surface area contributed by atoms with Gasteiger partial charge in [-0.2, -0.15) is 0 Å². The van der Waals surface area contributed by atoms with Crippen molar-refractivity contribution in [3.8, 4) is 5.75 Å². The number of benzene rings is 1. The van der Waals surface area contributed by atoms with E-state index in [-0.39, 0.29) is 5.69 Å². The van der Waals surface area contributed by atoms with Crippen LogP contribution in [0.3, 0.4) is 0 Å². The SMILES string of the molecule is COc1cc([N+](=O)[O-])ccc1CC1CCCN1. The Balaban J connectivity index is 2.18. The van der Waals surface area contributed by atoms with Gasteiger partial charge in [-0.25, -0.2) is 0 Å². The van der Waals surface area contributed by atoms with Crippen molar-refractivity contribution >= 4 is 5.69 Å². The van der Waals surface area contributed by atoms with Gasteiger partial charge in [0.1, 0.15) is 5.75 Å². The van der Waals surface area contributed by atoms with E-state index in [4.69, 9.17) is 4.74 Å². The maximum atomic E-state index is 10.7. The van der Waals surface area contributed by atoms with Crippen LogP contribution < -0.4 is 10.1 Å². The largest absolute Gasteiger partial charge is 0.496 e. The smallest absolute Gasteiger partial charge is 0.273 e. The maximum Gasteiger partial charge on any atom is 0.273 e. The molecule has 0 aliphatic carbocycles. The van der Waals surface area contributed by atoms with Crippen molar-refractivity contribution in [1.82, 2.24) is 5.32 Å². The van der Waals surface area contributed by atoms with Crippen molar-refractivity contribution in [1.29, 1.82) is 0 Å². The Bertz CT molecular complexity index is 414. The molecular weight excluding hydrogens is 220 g/mol. The molecule has 0 saturated carbocycles. The van der Waals surface area contributed by atoms with Gasteiger partial charge < -0.3 is 10.1 Å². The first kappa shape index (κ1) is 11.9. The molecule has 1 aromatic rings. The molecule has 1 aliphatic rings. The number of hydrogen-bond donors (Lipinski definition) is 1. The quantitative estimate of drug-likeness (QED) is 0.640. The second-order valence-corrected chi connectivity index (χ2v) is 4.25. The minimum absolute atomic E-state index is 0.0741. The molecule has 0 spiro atoms. The number of hydrogen-bond acceptors (Lipinski definition) is 4. The normalized spacial score (nSPS) is 19.2. The third-order valence-corrected chi connectivity index (χ3v) is 3.11. The minimum Gasteiger partial charge on any atom is -0.496 e. The molecule has 5 heteroatoms. The van der Waals surface area contributed by atoms with E-state index in [1.807, 2.05) is 0 Å². The van der Waals surface area contributed by atoms with E-state index in [1.165, 1.54) is 18.6 Å². The Hall–Kier alpha value is -1.62. The summed E-state index contributed by atoms with van der Waals surface area (Å²) in [6.45, 7) is 1.06. The number of nitrogens with zero attached hydrogens (tertiary/aromatic N) is 1. The summed E-state index contributed by atoms with van der Waals surface area (Å²) in [6, 6.07) is 5.28. The molecule has 1 fully saturated rings. The van der Waals surface area contributed by atoms with Gasteiger partial charge in [0, 0.05) is 12.1 Å². The van der Waals surface area contributed by atoms with Crippen LogP contribution >= 0.6 is 0 Å². The molecule has 0 bridgehead atoms. The fraction of sp³-hybridized carbons (Fsp3) is 0.500. The summed E-state index contributed by atoms with van der Waals surface area (Å²) >= 11 is 0. The van der Waals surface area contributed by atoms with E-state index >= 15 is 0 Å². The second kappa shape index (κ2) is 5.14. The molecule has 17 heavy (non-hydrogen) atoms. The Morgan fingerprint density at radius 1 is 1.59 bits per heavy atom. The molecule has 2 rings (SSSR count). The number of ether oxygens (including phenoxy) is 1. The highest BCUT2D eigenvalue weighted by atomic mass is 16.6. The van der Waals surface area contributed by atoms with Gasteiger partial charge in [-0.05, 0) is 37.4 Å². The summed E-state index contributed by atoms with van der Waals surface area (Å²) in [5.74, 6) is 0.605. The van der Waals surface area contributed by atoms with Gasteiger partial charge in [-0.3, -0.25) is 10.1 Å². The van der Waals surface area contributed by atoms with Crippen LogP contribution in [-0.4, -0.2) is 24.6 Å². The number of nitro groups is 1. The van der Waals surface area contributed by atoms with Gasteiger partial charge >= 0.3 is 0 Å². The monoisotopic (exact) mass is 236 g/mol. The molecule has 5 nitrogen and oxygen atoms in total. The lowest BCUT2D eigenvalue weighted by atomic mass is 10.0. The number of rotatable bonds is 4. The van der Waals surface area contributed by atoms with Gasteiger partial charge in [-0.15, -0.1) is 0 Å². The third-order valence-electron chi connectivity index (χ3n) is 3.11. The first-order valence-electron chi connectivity index (χ1n) is 5.75. The van der Waals surface area contributed by atoms with E-state index in [0.717, 1.165) is 24.9 Å². The lowest BCUT2D eigenvalue weighted by molar-refractivity contribution is -0.384. The fourth-order valence-electron chi connectivity index (χ4n) is 2.21. The molecular formula is C12H16N2O3.